The molecule has 1 aliphatic heterocycles. The number of aromatic nitrogens is 1. The highest BCUT2D eigenvalue weighted by Gasteiger charge is 2.19. The summed E-state index contributed by atoms with van der Waals surface area (Å²) in [5.41, 5.74) is 1.16. The molecule has 1 aliphatic rings. The lowest BCUT2D eigenvalue weighted by Gasteiger charge is -2.32. The van der Waals surface area contributed by atoms with Gasteiger partial charge in [-0.1, -0.05) is 6.08 Å². The molecule has 1 saturated heterocycles. The Morgan fingerprint density at radius 1 is 1.42 bits per heavy atom. The Morgan fingerprint density at radius 2 is 2.12 bits per heavy atom. The quantitative estimate of drug-likeness (QED) is 0.295. The summed E-state index contributed by atoms with van der Waals surface area (Å²) in [7, 11) is 1.84. The average Bonchev–Trinajstić information content (AvgIpc) is 2.86. The molecule has 24 heavy (non-hydrogen) atoms. The zero-order valence-electron chi connectivity index (χ0n) is 15.0. The second-order valence-corrected chi connectivity index (χ2v) is 7.29. The van der Waals surface area contributed by atoms with Gasteiger partial charge in [0.15, 0.2) is 5.96 Å². The fourth-order valence-electron chi connectivity index (χ4n) is 2.93. The highest BCUT2D eigenvalue weighted by molar-refractivity contribution is 14.0. The van der Waals surface area contributed by atoms with E-state index < -0.39 is 0 Å². The number of hydrogen-bond donors (Lipinski definition) is 2. The van der Waals surface area contributed by atoms with Crippen LogP contribution in [0.25, 0.3) is 0 Å². The smallest absolute Gasteiger partial charge is 0.191 e. The van der Waals surface area contributed by atoms with Crippen LogP contribution in [0.4, 0.5) is 0 Å². The van der Waals surface area contributed by atoms with E-state index in [0.29, 0.717) is 6.04 Å². The number of aryl methyl sites for hydroxylation is 2. The van der Waals surface area contributed by atoms with Crippen LogP contribution in [0.1, 0.15) is 28.4 Å². The summed E-state index contributed by atoms with van der Waals surface area (Å²) in [6.45, 7) is 12.1. The molecule has 136 valence electrons. The highest BCUT2D eigenvalue weighted by Crippen LogP contribution is 2.17. The van der Waals surface area contributed by atoms with Crippen LogP contribution in [-0.2, 0) is 6.42 Å². The molecule has 1 aromatic heterocycles. The standard InChI is InChI=1S/C17H29N5S.HI/c1-5-10-22-11-7-15(8-12-22)21-17(18-4)19-9-6-16-13(2)20-14(3)23-16;/h5,15H,1,6-12H2,2-4H3,(H2,18,19,21);1H. The largest absolute Gasteiger partial charge is 0.356 e. The van der Waals surface area contributed by atoms with Gasteiger partial charge >= 0.3 is 0 Å². The molecule has 0 aromatic carbocycles. The molecule has 7 heteroatoms. The summed E-state index contributed by atoms with van der Waals surface area (Å²) in [4.78, 5) is 12.6. The zero-order valence-corrected chi connectivity index (χ0v) is 18.1. The van der Waals surface area contributed by atoms with E-state index in [-0.39, 0.29) is 24.0 Å². The predicted molar refractivity (Wildman–Crippen MR) is 115 cm³/mol. The number of hydrogen-bond acceptors (Lipinski definition) is 4. The Bertz CT molecular complexity index is 535. The molecule has 0 unspecified atom stereocenters. The first-order valence-corrected chi connectivity index (χ1v) is 9.17. The number of thiazole rings is 1. The Kier molecular flexibility index (Phi) is 9.84. The Labute approximate surface area is 167 Å². The molecular weight excluding hydrogens is 433 g/mol. The number of likely N-dealkylation sites (tertiary alicyclic amines) is 1. The minimum Gasteiger partial charge on any atom is -0.356 e. The Hall–Kier alpha value is -0.670. The minimum absolute atomic E-state index is 0. The Morgan fingerprint density at radius 3 is 2.67 bits per heavy atom. The first kappa shape index (κ1) is 21.4. The summed E-state index contributed by atoms with van der Waals surface area (Å²) in [5, 5.41) is 8.12. The maximum Gasteiger partial charge on any atom is 0.191 e. The Balaban J connectivity index is 0.00000288. The second kappa shape index (κ2) is 11.0. The van der Waals surface area contributed by atoms with E-state index in [1.165, 1.54) is 4.88 Å². The molecular formula is C17H30IN5S. The average molecular weight is 463 g/mol. The van der Waals surface area contributed by atoms with E-state index in [0.717, 1.165) is 62.1 Å². The molecule has 1 aromatic rings. The van der Waals surface area contributed by atoms with E-state index in [2.05, 4.69) is 45.9 Å². The van der Waals surface area contributed by atoms with Gasteiger partial charge in [0.05, 0.1) is 10.7 Å². The maximum atomic E-state index is 4.48. The van der Waals surface area contributed by atoms with E-state index in [1.54, 1.807) is 11.3 Å². The topological polar surface area (TPSA) is 52.5 Å². The normalized spacial score (nSPS) is 16.5. The number of halogens is 1. The number of nitrogens with one attached hydrogen (secondary N) is 2. The molecule has 0 saturated carbocycles. The number of nitrogens with zero attached hydrogens (tertiary/aromatic N) is 3. The van der Waals surface area contributed by atoms with Crippen LogP contribution >= 0.6 is 35.3 Å². The lowest BCUT2D eigenvalue weighted by atomic mass is 10.1. The molecule has 2 heterocycles. The summed E-state index contributed by atoms with van der Waals surface area (Å²) in [6.07, 6.45) is 5.29. The zero-order chi connectivity index (χ0) is 16.7. The van der Waals surface area contributed by atoms with Gasteiger partial charge in [-0.2, -0.15) is 0 Å². The lowest BCUT2D eigenvalue weighted by molar-refractivity contribution is 0.225. The van der Waals surface area contributed by atoms with Crippen molar-refractivity contribution in [1.29, 1.82) is 0 Å². The van der Waals surface area contributed by atoms with Crippen molar-refractivity contribution in [3.8, 4) is 0 Å². The monoisotopic (exact) mass is 463 g/mol. The third-order valence-corrected chi connectivity index (χ3v) is 5.32. The van der Waals surface area contributed by atoms with Crippen molar-refractivity contribution in [2.45, 2.75) is 39.2 Å². The molecule has 0 aliphatic carbocycles. The molecule has 5 nitrogen and oxygen atoms in total. The van der Waals surface area contributed by atoms with Gasteiger partial charge in [-0.25, -0.2) is 4.98 Å². The highest BCUT2D eigenvalue weighted by atomic mass is 127. The number of piperidine rings is 1. The minimum atomic E-state index is 0. The van der Waals surface area contributed by atoms with Crippen molar-refractivity contribution < 1.29 is 0 Å². The summed E-state index contributed by atoms with van der Waals surface area (Å²) >= 11 is 1.79. The molecule has 0 atom stereocenters. The predicted octanol–water partition coefficient (Wildman–Crippen LogP) is 2.74. The van der Waals surface area contributed by atoms with Crippen LogP contribution < -0.4 is 10.6 Å². The van der Waals surface area contributed by atoms with Crippen LogP contribution in [0.2, 0.25) is 0 Å². The van der Waals surface area contributed by atoms with Crippen molar-refractivity contribution in [2.24, 2.45) is 4.99 Å². The molecule has 2 rings (SSSR count). The van der Waals surface area contributed by atoms with Gasteiger partial charge in [0.1, 0.15) is 0 Å². The number of rotatable bonds is 6. The van der Waals surface area contributed by atoms with Crippen LogP contribution in [-0.4, -0.2) is 55.1 Å². The first-order valence-electron chi connectivity index (χ1n) is 8.35. The molecule has 0 bridgehead atoms. The third-order valence-electron chi connectivity index (χ3n) is 4.18. The van der Waals surface area contributed by atoms with Gasteiger partial charge in [0.2, 0.25) is 0 Å². The fourth-order valence-corrected chi connectivity index (χ4v) is 3.87. The molecule has 0 amide bonds. The summed E-state index contributed by atoms with van der Waals surface area (Å²) in [5.74, 6) is 0.908. The van der Waals surface area contributed by atoms with Gasteiger partial charge in [0, 0.05) is 50.6 Å². The molecule has 0 spiro atoms. The van der Waals surface area contributed by atoms with Crippen molar-refractivity contribution in [3.05, 3.63) is 28.2 Å². The summed E-state index contributed by atoms with van der Waals surface area (Å²) in [6, 6.07) is 0.509. The van der Waals surface area contributed by atoms with Crippen LogP contribution in [0, 0.1) is 13.8 Å². The van der Waals surface area contributed by atoms with E-state index in [4.69, 9.17) is 0 Å². The second-order valence-electron chi connectivity index (χ2n) is 6.00. The van der Waals surface area contributed by atoms with Crippen molar-refractivity contribution in [1.82, 2.24) is 20.5 Å². The SMILES string of the molecule is C=CCN1CCC(NC(=NC)NCCc2sc(C)nc2C)CC1.I. The van der Waals surface area contributed by atoms with Crippen LogP contribution in [0.3, 0.4) is 0 Å². The van der Waals surface area contributed by atoms with E-state index in [1.807, 2.05) is 13.1 Å². The number of guanidine groups is 1. The van der Waals surface area contributed by atoms with Gasteiger partial charge in [-0.05, 0) is 26.7 Å². The van der Waals surface area contributed by atoms with Crippen LogP contribution in [0.5, 0.6) is 0 Å². The van der Waals surface area contributed by atoms with Gasteiger partial charge in [-0.3, -0.25) is 9.89 Å². The fraction of sp³-hybridized carbons (Fsp3) is 0.647. The molecule has 0 radical (unpaired) electrons. The van der Waals surface area contributed by atoms with E-state index >= 15 is 0 Å². The first-order chi connectivity index (χ1) is 11.1. The summed E-state index contributed by atoms with van der Waals surface area (Å²) < 4.78 is 0. The lowest BCUT2D eigenvalue weighted by Crippen LogP contribution is -2.49. The van der Waals surface area contributed by atoms with Crippen LogP contribution in [0.15, 0.2) is 17.6 Å². The third kappa shape index (κ3) is 6.68. The maximum absolute atomic E-state index is 4.48. The van der Waals surface area contributed by atoms with Crippen molar-refractivity contribution >= 4 is 41.3 Å². The van der Waals surface area contributed by atoms with Crippen molar-refractivity contribution in [3.63, 3.8) is 0 Å². The van der Waals surface area contributed by atoms with Gasteiger partial charge in [0.25, 0.3) is 0 Å². The molecule has 1 fully saturated rings. The number of aliphatic imine (C=N–C) groups is 1. The molecule has 2 N–H and O–H groups in total. The van der Waals surface area contributed by atoms with Gasteiger partial charge in [-0.15, -0.1) is 41.9 Å². The van der Waals surface area contributed by atoms with E-state index in [9.17, 15) is 0 Å². The van der Waals surface area contributed by atoms with Gasteiger partial charge < -0.3 is 10.6 Å². The van der Waals surface area contributed by atoms with Crippen molar-refractivity contribution in [2.75, 3.05) is 33.2 Å².